The van der Waals surface area contributed by atoms with E-state index in [-0.39, 0.29) is 0 Å². The predicted molar refractivity (Wildman–Crippen MR) is 66.0 cm³/mol. The minimum atomic E-state index is 0.426. The summed E-state index contributed by atoms with van der Waals surface area (Å²) < 4.78 is 2.72. The molecule has 0 aliphatic rings. The van der Waals surface area contributed by atoms with Gasteiger partial charge in [0.05, 0.1) is 5.69 Å². The van der Waals surface area contributed by atoms with Gasteiger partial charge in [0.15, 0.2) is 0 Å². The Labute approximate surface area is 102 Å². The molecule has 0 aromatic carbocycles. The minimum absolute atomic E-state index is 0.426. The number of hydrogen-bond donors (Lipinski definition) is 0. The minimum Gasteiger partial charge on any atom is -0.219 e. The van der Waals surface area contributed by atoms with Gasteiger partial charge in [-0.05, 0) is 34.6 Å². The lowest BCUT2D eigenvalue weighted by molar-refractivity contribution is 0.741. The van der Waals surface area contributed by atoms with Crippen LogP contribution in [0.25, 0.3) is 5.95 Å². The van der Waals surface area contributed by atoms with E-state index in [9.17, 15) is 0 Å². The molecule has 2 rings (SSSR count). The molecule has 0 saturated heterocycles. The van der Waals surface area contributed by atoms with Crippen LogP contribution in [-0.4, -0.2) is 19.7 Å². The van der Waals surface area contributed by atoms with E-state index in [0.29, 0.717) is 11.9 Å². The van der Waals surface area contributed by atoms with Crippen LogP contribution in [0.3, 0.4) is 0 Å². The monoisotopic (exact) mass is 314 g/mol. The lowest BCUT2D eigenvalue weighted by Gasteiger charge is -2.00. The highest BCUT2D eigenvalue weighted by Gasteiger charge is 2.05. The van der Waals surface area contributed by atoms with Crippen LogP contribution < -0.4 is 0 Å². The molecule has 0 spiro atoms. The van der Waals surface area contributed by atoms with E-state index < -0.39 is 0 Å². The molecule has 0 bridgehead atoms. The molecule has 0 aliphatic carbocycles. The SMILES string of the molecule is CC(C)c1ccn(-c2ncc(I)cn2)n1. The van der Waals surface area contributed by atoms with Crippen LogP contribution in [0.5, 0.6) is 0 Å². The molecule has 4 nitrogen and oxygen atoms in total. The molecule has 0 N–H and O–H groups in total. The average Bonchev–Trinajstić information content (AvgIpc) is 2.68. The van der Waals surface area contributed by atoms with Gasteiger partial charge >= 0.3 is 0 Å². The number of halogens is 1. The molecule has 2 heterocycles. The second-order valence-corrected chi connectivity index (χ2v) is 4.79. The maximum atomic E-state index is 4.40. The van der Waals surface area contributed by atoms with Gasteiger partial charge in [-0.2, -0.15) is 5.10 Å². The summed E-state index contributed by atoms with van der Waals surface area (Å²) in [5, 5.41) is 4.40. The summed E-state index contributed by atoms with van der Waals surface area (Å²) in [5.74, 6) is 1.04. The lowest BCUT2D eigenvalue weighted by Crippen LogP contribution is -2.02. The van der Waals surface area contributed by atoms with Crippen molar-refractivity contribution in [2.45, 2.75) is 19.8 Å². The molecule has 2 aromatic heterocycles. The first kappa shape index (κ1) is 10.5. The van der Waals surface area contributed by atoms with Gasteiger partial charge in [0.2, 0.25) is 5.95 Å². The first-order valence-electron chi connectivity index (χ1n) is 4.70. The van der Waals surface area contributed by atoms with Gasteiger partial charge in [-0.25, -0.2) is 14.6 Å². The molecule has 0 atom stereocenters. The predicted octanol–water partition coefficient (Wildman–Crippen LogP) is 2.39. The Morgan fingerprint density at radius 2 is 1.93 bits per heavy atom. The van der Waals surface area contributed by atoms with Crippen LogP contribution in [0.1, 0.15) is 25.5 Å². The average molecular weight is 314 g/mol. The molecule has 15 heavy (non-hydrogen) atoms. The van der Waals surface area contributed by atoms with Crippen molar-refractivity contribution in [2.24, 2.45) is 0 Å². The third-order valence-corrected chi connectivity index (χ3v) is 2.57. The van der Waals surface area contributed by atoms with E-state index in [1.54, 1.807) is 17.1 Å². The molecule has 0 saturated carbocycles. The van der Waals surface area contributed by atoms with E-state index in [0.717, 1.165) is 9.26 Å². The van der Waals surface area contributed by atoms with Gasteiger partial charge < -0.3 is 0 Å². The Morgan fingerprint density at radius 1 is 1.27 bits per heavy atom. The van der Waals surface area contributed by atoms with Crippen molar-refractivity contribution >= 4 is 22.6 Å². The summed E-state index contributed by atoms with van der Waals surface area (Å²) in [5.41, 5.74) is 1.05. The lowest BCUT2D eigenvalue weighted by atomic mass is 10.1. The fraction of sp³-hybridized carbons (Fsp3) is 0.300. The van der Waals surface area contributed by atoms with Crippen molar-refractivity contribution in [2.75, 3.05) is 0 Å². The summed E-state index contributed by atoms with van der Waals surface area (Å²) in [7, 11) is 0. The van der Waals surface area contributed by atoms with Gasteiger partial charge in [0.25, 0.3) is 0 Å². The van der Waals surface area contributed by atoms with Crippen LogP contribution in [0.4, 0.5) is 0 Å². The third kappa shape index (κ3) is 2.34. The van der Waals surface area contributed by atoms with Crippen LogP contribution in [-0.2, 0) is 0 Å². The van der Waals surface area contributed by atoms with Gasteiger partial charge in [-0.3, -0.25) is 0 Å². The van der Waals surface area contributed by atoms with E-state index >= 15 is 0 Å². The molecule has 0 unspecified atom stereocenters. The van der Waals surface area contributed by atoms with Crippen molar-refractivity contribution in [3.63, 3.8) is 0 Å². The highest BCUT2D eigenvalue weighted by atomic mass is 127. The fourth-order valence-corrected chi connectivity index (χ4v) is 1.46. The van der Waals surface area contributed by atoms with Gasteiger partial charge in [0, 0.05) is 22.2 Å². The Hall–Kier alpha value is -0.980. The van der Waals surface area contributed by atoms with Gasteiger partial charge in [0.1, 0.15) is 0 Å². The number of hydrogen-bond acceptors (Lipinski definition) is 3. The normalized spacial score (nSPS) is 10.9. The molecule has 0 radical (unpaired) electrons. The summed E-state index contributed by atoms with van der Waals surface area (Å²) in [6.45, 7) is 4.23. The first-order valence-corrected chi connectivity index (χ1v) is 5.78. The van der Waals surface area contributed by atoms with Gasteiger partial charge in [-0.15, -0.1) is 0 Å². The Balaban J connectivity index is 2.33. The largest absolute Gasteiger partial charge is 0.250 e. The van der Waals surface area contributed by atoms with Crippen molar-refractivity contribution in [1.29, 1.82) is 0 Å². The molecule has 0 amide bonds. The van der Waals surface area contributed by atoms with Crippen LogP contribution in [0.15, 0.2) is 24.7 Å². The molecule has 0 aliphatic heterocycles. The van der Waals surface area contributed by atoms with E-state index in [2.05, 4.69) is 51.5 Å². The summed E-state index contributed by atoms with van der Waals surface area (Å²) in [6, 6.07) is 1.99. The van der Waals surface area contributed by atoms with Crippen molar-refractivity contribution < 1.29 is 0 Å². The van der Waals surface area contributed by atoms with E-state index in [1.807, 2.05) is 12.3 Å². The number of rotatable bonds is 2. The number of nitrogens with zero attached hydrogens (tertiary/aromatic N) is 4. The summed E-state index contributed by atoms with van der Waals surface area (Å²) >= 11 is 2.18. The van der Waals surface area contributed by atoms with Crippen molar-refractivity contribution in [3.8, 4) is 5.95 Å². The van der Waals surface area contributed by atoms with Crippen molar-refractivity contribution in [1.82, 2.24) is 19.7 Å². The zero-order valence-corrected chi connectivity index (χ0v) is 10.7. The Kier molecular flexibility index (Phi) is 2.99. The second kappa shape index (κ2) is 4.26. The highest BCUT2D eigenvalue weighted by molar-refractivity contribution is 14.1. The quantitative estimate of drug-likeness (QED) is 0.800. The zero-order valence-electron chi connectivity index (χ0n) is 8.55. The topological polar surface area (TPSA) is 43.6 Å². The second-order valence-electron chi connectivity index (χ2n) is 3.54. The zero-order chi connectivity index (χ0) is 10.8. The van der Waals surface area contributed by atoms with E-state index in [1.165, 1.54) is 0 Å². The van der Waals surface area contributed by atoms with Gasteiger partial charge in [-0.1, -0.05) is 13.8 Å². The Bertz CT molecular complexity index is 447. The fourth-order valence-electron chi connectivity index (χ4n) is 1.18. The van der Waals surface area contributed by atoms with E-state index in [4.69, 9.17) is 0 Å². The van der Waals surface area contributed by atoms with Crippen molar-refractivity contribution in [3.05, 3.63) is 33.9 Å². The van der Waals surface area contributed by atoms with Crippen LogP contribution >= 0.6 is 22.6 Å². The molecular weight excluding hydrogens is 303 g/mol. The maximum absolute atomic E-state index is 4.40. The summed E-state index contributed by atoms with van der Waals surface area (Å²) in [6.07, 6.45) is 5.44. The maximum Gasteiger partial charge on any atom is 0.250 e. The molecule has 2 aromatic rings. The van der Waals surface area contributed by atoms with Crippen LogP contribution in [0, 0.1) is 3.57 Å². The van der Waals surface area contributed by atoms with Crippen LogP contribution in [0.2, 0.25) is 0 Å². The standard InChI is InChI=1S/C10H11IN4/c1-7(2)9-3-4-15(14-9)10-12-5-8(11)6-13-10/h3-7H,1-2H3. The molecular formula is C10H11IN4. The highest BCUT2D eigenvalue weighted by Crippen LogP contribution is 2.12. The molecule has 0 fully saturated rings. The molecule has 78 valence electrons. The smallest absolute Gasteiger partial charge is 0.219 e. The summed E-state index contributed by atoms with van der Waals surface area (Å²) in [4.78, 5) is 8.41. The third-order valence-electron chi connectivity index (χ3n) is 2.01. The Morgan fingerprint density at radius 3 is 2.47 bits per heavy atom. The number of aromatic nitrogens is 4. The molecule has 5 heteroatoms. The first-order chi connectivity index (χ1) is 7.16.